The second-order valence-electron chi connectivity index (χ2n) is 4.71. The molecular weight excluding hydrogens is 311 g/mol. The van der Waals surface area contributed by atoms with Crippen LogP contribution < -0.4 is 5.32 Å². The summed E-state index contributed by atoms with van der Waals surface area (Å²) in [5.41, 5.74) is 1.59. The molecule has 0 aliphatic heterocycles. The number of Topliss-reactive ketones (excluding diaryl/α,β-unsaturated/α-hetero) is 1. The fraction of sp³-hybridized carbons (Fsp3) is 0.200. The molecule has 0 saturated carbocycles. The second-order valence-corrected chi connectivity index (χ2v) is 5.52. The van der Waals surface area contributed by atoms with Gasteiger partial charge in [-0.3, -0.25) is 9.59 Å². The maximum atomic E-state index is 12.1. The summed E-state index contributed by atoms with van der Waals surface area (Å²) in [5, 5.41) is 3.73. The quantitative estimate of drug-likeness (QED) is 0.834. The van der Waals surface area contributed by atoms with Crippen LogP contribution in [0.4, 0.5) is 0 Å². The predicted molar refractivity (Wildman–Crippen MR) is 83.1 cm³/mol. The van der Waals surface area contributed by atoms with Crippen molar-refractivity contribution in [2.75, 3.05) is 0 Å². The fourth-order valence-electron chi connectivity index (χ4n) is 1.87. The molecule has 0 aliphatic carbocycles. The minimum atomic E-state index is -0.291. The van der Waals surface area contributed by atoms with Gasteiger partial charge < -0.3 is 10.3 Å². The summed E-state index contributed by atoms with van der Waals surface area (Å²) in [5.74, 6) is -0.410. The molecule has 1 amide bonds. The molecule has 2 rings (SSSR count). The average Bonchev–Trinajstić information content (AvgIpc) is 2.91. The Morgan fingerprint density at radius 3 is 2.33 bits per heavy atom. The van der Waals surface area contributed by atoms with Crippen LogP contribution in [0.1, 0.15) is 46.4 Å². The Hall–Kier alpha value is -1.78. The van der Waals surface area contributed by atoms with E-state index in [9.17, 15) is 9.59 Å². The predicted octanol–water partition coefficient (Wildman–Crippen LogP) is 4.02. The third-order valence-electron chi connectivity index (χ3n) is 3.10. The molecule has 0 fully saturated rings. The Morgan fingerprint density at radius 1 is 1.10 bits per heavy atom. The van der Waals surface area contributed by atoms with Gasteiger partial charge in [0, 0.05) is 6.92 Å². The number of aromatic amines is 1. The van der Waals surface area contributed by atoms with Gasteiger partial charge in [-0.05, 0) is 36.8 Å². The first kappa shape index (κ1) is 15.6. The van der Waals surface area contributed by atoms with Crippen LogP contribution in [0.2, 0.25) is 10.0 Å². The van der Waals surface area contributed by atoms with Gasteiger partial charge in [-0.25, -0.2) is 0 Å². The molecule has 1 heterocycles. The Bertz CT molecular complexity index is 695. The molecule has 0 bridgehead atoms. The van der Waals surface area contributed by atoms with E-state index in [1.807, 2.05) is 6.92 Å². The van der Waals surface area contributed by atoms with Crippen molar-refractivity contribution >= 4 is 34.9 Å². The molecule has 110 valence electrons. The normalized spacial score (nSPS) is 12.0. The minimum Gasteiger partial charge on any atom is -0.348 e. The first-order valence-corrected chi connectivity index (χ1v) is 7.10. The number of ketones is 1. The van der Waals surface area contributed by atoms with Gasteiger partial charge in [0.25, 0.3) is 5.91 Å². The van der Waals surface area contributed by atoms with E-state index in [1.54, 1.807) is 30.3 Å². The summed E-state index contributed by atoms with van der Waals surface area (Å²) < 4.78 is 0. The maximum Gasteiger partial charge on any atom is 0.268 e. The number of carbonyl (C=O) groups is 2. The van der Waals surface area contributed by atoms with Gasteiger partial charge in [0.05, 0.1) is 21.8 Å². The van der Waals surface area contributed by atoms with Crippen LogP contribution in [0.25, 0.3) is 0 Å². The molecule has 2 N–H and O–H groups in total. The highest BCUT2D eigenvalue weighted by molar-refractivity contribution is 6.42. The molecule has 1 aromatic carbocycles. The highest BCUT2D eigenvalue weighted by Crippen LogP contribution is 2.25. The van der Waals surface area contributed by atoms with Crippen molar-refractivity contribution in [2.24, 2.45) is 0 Å². The van der Waals surface area contributed by atoms with E-state index in [1.165, 1.54) is 6.92 Å². The number of aromatic nitrogens is 1. The van der Waals surface area contributed by atoms with Crippen molar-refractivity contribution in [1.82, 2.24) is 10.3 Å². The number of carbonyl (C=O) groups excluding carboxylic acids is 2. The van der Waals surface area contributed by atoms with Crippen LogP contribution >= 0.6 is 23.2 Å². The van der Waals surface area contributed by atoms with Gasteiger partial charge in [-0.1, -0.05) is 29.3 Å². The third-order valence-corrected chi connectivity index (χ3v) is 3.84. The number of hydrogen-bond acceptors (Lipinski definition) is 2. The SMILES string of the molecule is CC(=O)c1ccc(C(=O)N[C@@H](C)c2ccc(Cl)c(Cl)c2)[nH]1. The number of halogens is 2. The summed E-state index contributed by atoms with van der Waals surface area (Å²) in [6, 6.07) is 8.12. The third kappa shape index (κ3) is 3.65. The number of amides is 1. The van der Waals surface area contributed by atoms with Gasteiger partial charge in [-0.15, -0.1) is 0 Å². The molecule has 0 spiro atoms. The van der Waals surface area contributed by atoms with Crippen molar-refractivity contribution in [2.45, 2.75) is 19.9 Å². The van der Waals surface area contributed by atoms with E-state index in [0.717, 1.165) is 5.56 Å². The van der Waals surface area contributed by atoms with Crippen LogP contribution in [0.15, 0.2) is 30.3 Å². The Balaban J connectivity index is 2.10. The molecule has 0 unspecified atom stereocenters. The smallest absolute Gasteiger partial charge is 0.268 e. The average molecular weight is 325 g/mol. The Labute approximate surface area is 132 Å². The van der Waals surface area contributed by atoms with Gasteiger partial charge in [0.15, 0.2) is 5.78 Å². The maximum absolute atomic E-state index is 12.1. The highest BCUT2D eigenvalue weighted by Gasteiger charge is 2.14. The van der Waals surface area contributed by atoms with Crippen molar-refractivity contribution < 1.29 is 9.59 Å². The van der Waals surface area contributed by atoms with E-state index in [4.69, 9.17) is 23.2 Å². The van der Waals surface area contributed by atoms with Crippen molar-refractivity contribution in [1.29, 1.82) is 0 Å². The number of benzene rings is 1. The van der Waals surface area contributed by atoms with Gasteiger partial charge >= 0.3 is 0 Å². The molecule has 1 aromatic heterocycles. The summed E-state index contributed by atoms with van der Waals surface area (Å²) in [6.07, 6.45) is 0. The van der Waals surface area contributed by atoms with Crippen molar-refractivity contribution in [3.8, 4) is 0 Å². The molecular formula is C15H14Cl2N2O2. The lowest BCUT2D eigenvalue weighted by atomic mass is 10.1. The number of hydrogen-bond donors (Lipinski definition) is 2. The van der Waals surface area contributed by atoms with Crippen LogP contribution in [0.3, 0.4) is 0 Å². The van der Waals surface area contributed by atoms with E-state index in [0.29, 0.717) is 21.4 Å². The van der Waals surface area contributed by atoms with E-state index < -0.39 is 0 Å². The van der Waals surface area contributed by atoms with Crippen LogP contribution in [0, 0.1) is 0 Å². The van der Waals surface area contributed by atoms with Crippen molar-refractivity contribution in [3.05, 3.63) is 57.3 Å². The summed E-state index contributed by atoms with van der Waals surface area (Å²) in [7, 11) is 0. The fourth-order valence-corrected chi connectivity index (χ4v) is 2.18. The second kappa shape index (κ2) is 6.33. The van der Waals surface area contributed by atoms with E-state index >= 15 is 0 Å². The van der Waals surface area contributed by atoms with Crippen molar-refractivity contribution in [3.63, 3.8) is 0 Å². The minimum absolute atomic E-state index is 0.119. The molecule has 0 aliphatic rings. The lowest BCUT2D eigenvalue weighted by Gasteiger charge is -2.14. The van der Waals surface area contributed by atoms with Gasteiger partial charge in [-0.2, -0.15) is 0 Å². The Morgan fingerprint density at radius 2 is 1.76 bits per heavy atom. The van der Waals surface area contributed by atoms with Crippen LogP contribution in [-0.2, 0) is 0 Å². The molecule has 0 saturated heterocycles. The lowest BCUT2D eigenvalue weighted by molar-refractivity contribution is 0.0935. The standard InChI is InChI=1S/C15H14Cl2N2O2/c1-8(10-3-4-11(16)12(17)7-10)18-15(21)14-6-5-13(19-14)9(2)20/h3-8,19H,1-2H3,(H,18,21)/t8-/m0/s1. The zero-order chi connectivity index (χ0) is 15.6. The summed E-state index contributed by atoms with van der Waals surface area (Å²) in [4.78, 5) is 26.1. The number of nitrogens with one attached hydrogen (secondary N) is 2. The number of rotatable bonds is 4. The Kier molecular flexibility index (Phi) is 4.70. The summed E-state index contributed by atoms with van der Waals surface area (Å²) in [6.45, 7) is 3.28. The molecule has 4 nitrogen and oxygen atoms in total. The first-order valence-electron chi connectivity index (χ1n) is 6.34. The first-order chi connectivity index (χ1) is 9.88. The topological polar surface area (TPSA) is 62.0 Å². The highest BCUT2D eigenvalue weighted by atomic mass is 35.5. The van der Waals surface area contributed by atoms with Gasteiger partial charge in [0.2, 0.25) is 0 Å². The molecule has 6 heteroatoms. The molecule has 21 heavy (non-hydrogen) atoms. The van der Waals surface area contributed by atoms with Gasteiger partial charge in [0.1, 0.15) is 5.69 Å². The van der Waals surface area contributed by atoms with E-state index in [2.05, 4.69) is 10.3 Å². The molecule has 2 aromatic rings. The molecule has 1 atom stereocenters. The molecule has 0 radical (unpaired) electrons. The zero-order valence-electron chi connectivity index (χ0n) is 11.5. The number of H-pyrrole nitrogens is 1. The zero-order valence-corrected chi connectivity index (χ0v) is 13.0. The van der Waals surface area contributed by atoms with E-state index in [-0.39, 0.29) is 17.7 Å². The lowest BCUT2D eigenvalue weighted by Crippen LogP contribution is -2.27. The largest absolute Gasteiger partial charge is 0.348 e. The van der Waals surface area contributed by atoms with Crippen LogP contribution in [0.5, 0.6) is 0 Å². The summed E-state index contributed by atoms with van der Waals surface area (Å²) >= 11 is 11.8. The van der Waals surface area contributed by atoms with Crippen LogP contribution in [-0.4, -0.2) is 16.7 Å². The monoisotopic (exact) mass is 324 g/mol.